The van der Waals surface area contributed by atoms with Crippen molar-refractivity contribution in [3.05, 3.63) is 32.6 Å². The lowest BCUT2D eigenvalue weighted by Crippen LogP contribution is -2.37. The predicted octanol–water partition coefficient (Wildman–Crippen LogP) is 0.969. The van der Waals surface area contributed by atoms with Crippen LogP contribution < -0.4 is 11.2 Å². The number of hydrogen-bond donors (Lipinski definition) is 1. The molecular formula is C11H16N2O3. The standard InChI is InChI=1S/C11H16N2O3/c1-7(2)13-10(14)6-8(12-11(13)15)9-4-3-5-16-9/h6-7,9H,3-5H2,1-2H3,(H,12,15). The molecule has 2 rings (SSSR count). The maximum absolute atomic E-state index is 11.7. The van der Waals surface area contributed by atoms with Crippen molar-refractivity contribution in [2.24, 2.45) is 0 Å². The number of aromatic amines is 1. The lowest BCUT2D eigenvalue weighted by molar-refractivity contribution is 0.108. The van der Waals surface area contributed by atoms with E-state index in [1.54, 1.807) is 0 Å². The van der Waals surface area contributed by atoms with Crippen molar-refractivity contribution < 1.29 is 4.74 Å². The second-order valence-electron chi connectivity index (χ2n) is 4.33. The van der Waals surface area contributed by atoms with Gasteiger partial charge in [-0.05, 0) is 26.7 Å². The van der Waals surface area contributed by atoms with E-state index in [0.717, 1.165) is 12.8 Å². The summed E-state index contributed by atoms with van der Waals surface area (Å²) >= 11 is 0. The molecule has 1 N–H and O–H groups in total. The first-order valence-corrected chi connectivity index (χ1v) is 5.57. The van der Waals surface area contributed by atoms with Crippen molar-refractivity contribution in [1.29, 1.82) is 0 Å². The van der Waals surface area contributed by atoms with Crippen LogP contribution in [0.5, 0.6) is 0 Å². The number of ether oxygens (including phenoxy) is 1. The van der Waals surface area contributed by atoms with Gasteiger partial charge in [0.05, 0.1) is 11.8 Å². The van der Waals surface area contributed by atoms with Gasteiger partial charge in [0.2, 0.25) is 0 Å². The minimum atomic E-state index is -0.354. The van der Waals surface area contributed by atoms with Crippen molar-refractivity contribution in [3.8, 4) is 0 Å². The van der Waals surface area contributed by atoms with Crippen LogP contribution in [0.1, 0.15) is 44.5 Å². The molecule has 1 aromatic rings. The van der Waals surface area contributed by atoms with Gasteiger partial charge in [-0.2, -0.15) is 0 Å². The summed E-state index contributed by atoms with van der Waals surface area (Å²) in [6.07, 6.45) is 1.71. The van der Waals surface area contributed by atoms with Crippen LogP contribution in [0.2, 0.25) is 0 Å². The number of aromatic nitrogens is 2. The van der Waals surface area contributed by atoms with Crippen LogP contribution in [0.15, 0.2) is 15.7 Å². The molecule has 5 heteroatoms. The number of H-pyrrole nitrogens is 1. The van der Waals surface area contributed by atoms with E-state index < -0.39 is 0 Å². The Kier molecular flexibility index (Phi) is 2.96. The van der Waals surface area contributed by atoms with Gasteiger partial charge in [0, 0.05) is 18.7 Å². The topological polar surface area (TPSA) is 64.1 Å². The average molecular weight is 224 g/mol. The Balaban J connectivity index is 2.44. The first-order chi connectivity index (χ1) is 7.59. The third-order valence-corrected chi connectivity index (χ3v) is 2.78. The Morgan fingerprint density at radius 1 is 1.50 bits per heavy atom. The summed E-state index contributed by atoms with van der Waals surface area (Å²) in [6, 6.07) is 1.34. The van der Waals surface area contributed by atoms with Crippen LogP contribution in [0.3, 0.4) is 0 Å². The number of nitrogens with zero attached hydrogens (tertiary/aromatic N) is 1. The summed E-state index contributed by atoms with van der Waals surface area (Å²) < 4.78 is 6.64. The highest BCUT2D eigenvalue weighted by Gasteiger charge is 2.20. The second kappa shape index (κ2) is 4.25. The lowest BCUT2D eigenvalue weighted by atomic mass is 10.2. The van der Waals surface area contributed by atoms with Gasteiger partial charge in [-0.1, -0.05) is 0 Å². The Hall–Kier alpha value is -1.36. The van der Waals surface area contributed by atoms with E-state index in [9.17, 15) is 9.59 Å². The van der Waals surface area contributed by atoms with Crippen LogP contribution in [-0.4, -0.2) is 16.2 Å². The van der Waals surface area contributed by atoms with Gasteiger partial charge in [-0.25, -0.2) is 4.79 Å². The SMILES string of the molecule is CC(C)n1c(=O)cc(C2CCCO2)[nH]c1=O. The third-order valence-electron chi connectivity index (χ3n) is 2.78. The monoisotopic (exact) mass is 224 g/mol. The average Bonchev–Trinajstić information content (AvgIpc) is 2.67. The van der Waals surface area contributed by atoms with Gasteiger partial charge >= 0.3 is 5.69 Å². The summed E-state index contributed by atoms with van der Waals surface area (Å²) in [5.74, 6) is 0. The molecule has 0 spiro atoms. The normalized spacial score (nSPS) is 20.6. The first-order valence-electron chi connectivity index (χ1n) is 5.57. The number of nitrogens with one attached hydrogen (secondary N) is 1. The molecule has 0 aliphatic carbocycles. The molecule has 2 heterocycles. The van der Waals surface area contributed by atoms with Crippen molar-refractivity contribution in [3.63, 3.8) is 0 Å². The van der Waals surface area contributed by atoms with E-state index in [-0.39, 0.29) is 23.4 Å². The zero-order chi connectivity index (χ0) is 11.7. The van der Waals surface area contributed by atoms with Crippen molar-refractivity contribution in [2.75, 3.05) is 6.61 Å². The number of hydrogen-bond acceptors (Lipinski definition) is 3. The largest absolute Gasteiger partial charge is 0.372 e. The summed E-state index contributed by atoms with van der Waals surface area (Å²) in [4.78, 5) is 26.2. The van der Waals surface area contributed by atoms with Gasteiger partial charge in [-0.3, -0.25) is 9.36 Å². The predicted molar refractivity (Wildman–Crippen MR) is 59.6 cm³/mol. The fraction of sp³-hybridized carbons (Fsp3) is 0.636. The van der Waals surface area contributed by atoms with E-state index in [2.05, 4.69) is 4.98 Å². The summed E-state index contributed by atoms with van der Waals surface area (Å²) in [6.45, 7) is 4.31. The van der Waals surface area contributed by atoms with Crippen molar-refractivity contribution >= 4 is 0 Å². The molecule has 0 bridgehead atoms. The minimum Gasteiger partial charge on any atom is -0.372 e. The van der Waals surface area contributed by atoms with Gasteiger partial charge in [0.15, 0.2) is 0 Å². The van der Waals surface area contributed by atoms with E-state index in [4.69, 9.17) is 4.74 Å². The van der Waals surface area contributed by atoms with Crippen molar-refractivity contribution in [2.45, 2.75) is 38.8 Å². The van der Waals surface area contributed by atoms with Crippen molar-refractivity contribution in [1.82, 2.24) is 9.55 Å². The smallest absolute Gasteiger partial charge is 0.328 e. The molecule has 1 aliphatic heterocycles. The first kappa shape index (κ1) is 11.1. The molecule has 1 aliphatic rings. The minimum absolute atomic E-state index is 0.123. The highest BCUT2D eigenvalue weighted by atomic mass is 16.5. The van der Waals surface area contributed by atoms with Gasteiger partial charge in [0.1, 0.15) is 0 Å². The Morgan fingerprint density at radius 2 is 2.25 bits per heavy atom. The van der Waals surface area contributed by atoms with Gasteiger partial charge in [-0.15, -0.1) is 0 Å². The maximum Gasteiger partial charge on any atom is 0.328 e. The van der Waals surface area contributed by atoms with E-state index in [0.29, 0.717) is 12.3 Å². The number of rotatable bonds is 2. The molecule has 0 amide bonds. The molecule has 1 fully saturated rings. The molecule has 16 heavy (non-hydrogen) atoms. The Morgan fingerprint density at radius 3 is 2.75 bits per heavy atom. The maximum atomic E-state index is 11.7. The zero-order valence-electron chi connectivity index (χ0n) is 9.53. The molecule has 1 unspecified atom stereocenters. The quantitative estimate of drug-likeness (QED) is 0.814. The Labute approximate surface area is 93.1 Å². The summed E-state index contributed by atoms with van der Waals surface area (Å²) in [5.41, 5.74) is -0.0124. The van der Waals surface area contributed by atoms with E-state index in [1.165, 1.54) is 10.6 Å². The van der Waals surface area contributed by atoms with Crippen LogP contribution in [0.25, 0.3) is 0 Å². The van der Waals surface area contributed by atoms with Crippen LogP contribution >= 0.6 is 0 Å². The van der Waals surface area contributed by atoms with E-state index >= 15 is 0 Å². The molecular weight excluding hydrogens is 208 g/mol. The zero-order valence-corrected chi connectivity index (χ0v) is 9.53. The molecule has 1 aromatic heterocycles. The van der Waals surface area contributed by atoms with Gasteiger partial charge < -0.3 is 9.72 Å². The molecule has 0 saturated carbocycles. The Bertz CT molecular complexity index is 449. The fourth-order valence-corrected chi connectivity index (χ4v) is 2.01. The van der Waals surface area contributed by atoms with Crippen LogP contribution in [0.4, 0.5) is 0 Å². The molecule has 88 valence electrons. The lowest BCUT2D eigenvalue weighted by Gasteiger charge is -2.12. The highest BCUT2D eigenvalue weighted by molar-refractivity contribution is 5.05. The highest BCUT2D eigenvalue weighted by Crippen LogP contribution is 2.25. The third kappa shape index (κ3) is 1.95. The summed E-state index contributed by atoms with van der Waals surface area (Å²) in [7, 11) is 0. The molecule has 1 atom stereocenters. The van der Waals surface area contributed by atoms with Crippen LogP contribution in [0, 0.1) is 0 Å². The molecule has 0 radical (unpaired) electrons. The van der Waals surface area contributed by atoms with E-state index in [1.807, 2.05) is 13.8 Å². The molecule has 5 nitrogen and oxygen atoms in total. The van der Waals surface area contributed by atoms with Gasteiger partial charge in [0.25, 0.3) is 5.56 Å². The van der Waals surface area contributed by atoms with Crippen LogP contribution in [-0.2, 0) is 4.74 Å². The molecule has 0 aromatic carbocycles. The second-order valence-corrected chi connectivity index (χ2v) is 4.33. The summed E-state index contributed by atoms with van der Waals surface area (Å²) in [5, 5.41) is 0. The fourth-order valence-electron chi connectivity index (χ4n) is 2.01. The molecule has 1 saturated heterocycles.